The molecule has 1 N–H and O–H groups in total. The van der Waals surface area contributed by atoms with E-state index in [0.717, 1.165) is 38.5 Å². The number of ether oxygens (including phenoxy) is 1. The van der Waals surface area contributed by atoms with E-state index in [1.54, 1.807) is 0 Å². The third-order valence-corrected chi connectivity index (χ3v) is 7.84. The number of carbonyl (C=O) groups is 1. The van der Waals surface area contributed by atoms with Crippen molar-refractivity contribution in [3.8, 4) is 5.75 Å². The van der Waals surface area contributed by atoms with Crippen LogP contribution in [0.1, 0.15) is 172 Å². The van der Waals surface area contributed by atoms with E-state index in [4.69, 9.17) is 4.74 Å². The van der Waals surface area contributed by atoms with Gasteiger partial charge in [-0.05, 0) is 61.6 Å². The van der Waals surface area contributed by atoms with Crippen molar-refractivity contribution in [3.63, 3.8) is 0 Å². The van der Waals surface area contributed by atoms with Crippen LogP contribution in [-0.2, 0) is 28.8 Å². The van der Waals surface area contributed by atoms with Crippen LogP contribution in [0.25, 0.3) is 0 Å². The lowest BCUT2D eigenvalue weighted by Gasteiger charge is -2.13. The number of benzene rings is 1. The number of unbranched alkanes of at least 4 members (excludes halogenated alkanes) is 17. The molecule has 0 aliphatic heterocycles. The molecular weight excluding hydrogens is 468 g/mol. The maximum Gasteiger partial charge on any atom is 0.305 e. The predicted octanol–water partition coefficient (Wildman–Crippen LogP) is 10.8. The Bertz CT molecular complexity index is 667. The van der Waals surface area contributed by atoms with Crippen molar-refractivity contribution in [1.29, 1.82) is 0 Å². The Morgan fingerprint density at radius 3 is 1.37 bits per heavy atom. The van der Waals surface area contributed by atoms with Gasteiger partial charge in [0, 0.05) is 6.42 Å². The molecule has 0 spiro atoms. The van der Waals surface area contributed by atoms with E-state index in [1.807, 2.05) is 6.92 Å². The predicted molar refractivity (Wildman–Crippen MR) is 164 cm³/mol. The van der Waals surface area contributed by atoms with Crippen LogP contribution in [0.15, 0.2) is 12.1 Å². The van der Waals surface area contributed by atoms with E-state index in [-0.39, 0.29) is 5.97 Å². The van der Waals surface area contributed by atoms with Crippen molar-refractivity contribution < 1.29 is 14.6 Å². The van der Waals surface area contributed by atoms with Gasteiger partial charge >= 0.3 is 5.97 Å². The van der Waals surface area contributed by atoms with Crippen LogP contribution in [0.4, 0.5) is 0 Å². The van der Waals surface area contributed by atoms with Gasteiger partial charge in [0.1, 0.15) is 5.75 Å². The van der Waals surface area contributed by atoms with Gasteiger partial charge in [-0.2, -0.15) is 0 Å². The van der Waals surface area contributed by atoms with Gasteiger partial charge < -0.3 is 9.84 Å². The molecule has 1 aromatic carbocycles. The maximum atomic E-state index is 11.1. The van der Waals surface area contributed by atoms with E-state index in [9.17, 15) is 9.90 Å². The first-order valence-corrected chi connectivity index (χ1v) is 16.6. The first kappa shape index (κ1) is 34.5. The summed E-state index contributed by atoms with van der Waals surface area (Å²) in [4.78, 5) is 11.1. The van der Waals surface area contributed by atoms with Crippen molar-refractivity contribution in [3.05, 3.63) is 28.8 Å². The second-order valence-electron chi connectivity index (χ2n) is 11.5. The lowest BCUT2D eigenvalue weighted by molar-refractivity contribution is -0.143. The number of phenols is 1. The fourth-order valence-electron chi connectivity index (χ4n) is 5.29. The summed E-state index contributed by atoms with van der Waals surface area (Å²) in [5.74, 6) is 0.509. The molecule has 0 aliphatic carbocycles. The van der Waals surface area contributed by atoms with E-state index < -0.39 is 0 Å². The van der Waals surface area contributed by atoms with Crippen molar-refractivity contribution in [1.82, 2.24) is 0 Å². The second kappa shape index (κ2) is 24.5. The zero-order valence-electron chi connectivity index (χ0n) is 25.6. The van der Waals surface area contributed by atoms with Crippen molar-refractivity contribution >= 4 is 5.97 Å². The third-order valence-electron chi connectivity index (χ3n) is 7.84. The number of aromatic hydroxyl groups is 1. The highest BCUT2D eigenvalue weighted by Gasteiger charge is 2.10. The Kier molecular flexibility index (Phi) is 22.3. The molecule has 0 bridgehead atoms. The molecule has 0 fully saturated rings. The highest BCUT2D eigenvalue weighted by Crippen LogP contribution is 2.28. The molecule has 0 atom stereocenters. The molecule has 0 radical (unpaired) electrons. The lowest BCUT2D eigenvalue weighted by atomic mass is 9.94. The first-order chi connectivity index (χ1) is 18.6. The summed E-state index contributed by atoms with van der Waals surface area (Å²) in [7, 11) is 0. The molecule has 38 heavy (non-hydrogen) atoms. The average Bonchev–Trinajstić information content (AvgIpc) is 2.93. The van der Waals surface area contributed by atoms with E-state index >= 15 is 0 Å². The zero-order valence-corrected chi connectivity index (χ0v) is 25.6. The van der Waals surface area contributed by atoms with Gasteiger partial charge in [0.25, 0.3) is 0 Å². The molecule has 0 heterocycles. The Morgan fingerprint density at radius 2 is 0.974 bits per heavy atom. The summed E-state index contributed by atoms with van der Waals surface area (Å²) in [6.07, 6.45) is 29.7. The Balaban J connectivity index is 1.98. The van der Waals surface area contributed by atoms with Gasteiger partial charge in [0.15, 0.2) is 0 Å². The minimum absolute atomic E-state index is 0.0703. The van der Waals surface area contributed by atoms with Gasteiger partial charge in [-0.3, -0.25) is 4.79 Å². The first-order valence-electron chi connectivity index (χ1n) is 16.6. The number of rotatable bonds is 26. The van der Waals surface area contributed by atoms with Crippen LogP contribution in [0.3, 0.4) is 0 Å². The highest BCUT2D eigenvalue weighted by molar-refractivity contribution is 5.68. The van der Waals surface area contributed by atoms with Gasteiger partial charge in [0.05, 0.1) is 6.61 Å². The summed E-state index contributed by atoms with van der Waals surface area (Å²) < 4.78 is 5.12. The number of phenolic OH excluding ortho intramolecular Hbond substituents is 1. The van der Waals surface area contributed by atoms with Gasteiger partial charge in [-0.15, -0.1) is 0 Å². The minimum atomic E-state index is -0.0703. The fraction of sp³-hybridized carbons (Fsp3) is 0.800. The lowest BCUT2D eigenvalue weighted by Crippen LogP contribution is -2.03. The molecule has 220 valence electrons. The minimum Gasteiger partial charge on any atom is -0.507 e. The summed E-state index contributed by atoms with van der Waals surface area (Å²) in [5, 5.41) is 10.7. The normalized spacial score (nSPS) is 11.2. The third kappa shape index (κ3) is 17.9. The Morgan fingerprint density at radius 1 is 0.579 bits per heavy atom. The average molecular weight is 531 g/mol. The molecule has 3 nitrogen and oxygen atoms in total. The summed E-state index contributed by atoms with van der Waals surface area (Å²) in [6.45, 7) is 6.90. The molecule has 0 aromatic heterocycles. The van der Waals surface area contributed by atoms with Crippen LogP contribution in [0.2, 0.25) is 0 Å². The Labute approximate surface area is 236 Å². The van der Waals surface area contributed by atoms with Gasteiger partial charge in [-0.25, -0.2) is 0 Å². The molecule has 1 rings (SSSR count). The monoisotopic (exact) mass is 530 g/mol. The molecule has 0 saturated heterocycles. The highest BCUT2D eigenvalue weighted by atomic mass is 16.5. The molecule has 3 heteroatoms. The quantitative estimate of drug-likeness (QED) is 0.0956. The van der Waals surface area contributed by atoms with E-state index in [1.165, 1.54) is 126 Å². The fourth-order valence-corrected chi connectivity index (χ4v) is 5.29. The molecule has 0 saturated carbocycles. The van der Waals surface area contributed by atoms with Crippen LogP contribution in [-0.4, -0.2) is 17.7 Å². The van der Waals surface area contributed by atoms with Crippen molar-refractivity contribution in [2.24, 2.45) is 0 Å². The molecular formula is C35H62O3. The van der Waals surface area contributed by atoms with Crippen LogP contribution < -0.4 is 0 Å². The van der Waals surface area contributed by atoms with E-state index in [0.29, 0.717) is 18.8 Å². The number of aryl methyl sites for hydroxylation is 3. The van der Waals surface area contributed by atoms with Crippen LogP contribution in [0.5, 0.6) is 5.75 Å². The maximum absolute atomic E-state index is 11.1. The summed E-state index contributed by atoms with van der Waals surface area (Å²) in [6, 6.07) is 4.57. The number of esters is 1. The second-order valence-corrected chi connectivity index (χ2v) is 11.5. The van der Waals surface area contributed by atoms with Gasteiger partial charge in [-0.1, -0.05) is 136 Å². The molecule has 0 unspecified atom stereocenters. The molecule has 1 aromatic rings. The standard InChI is InChI=1S/C35H62O3/c1-4-7-26-32-29-31(30-33(35(32)37)27-8-5-2)25-23-21-19-17-15-13-11-9-10-12-14-16-18-20-22-24-28-38-34(36)6-3/h29-30,37H,4-28H2,1-3H3. The van der Waals surface area contributed by atoms with Gasteiger partial charge in [0.2, 0.25) is 0 Å². The number of hydrogen-bond donors (Lipinski definition) is 1. The smallest absolute Gasteiger partial charge is 0.305 e. The Hall–Kier alpha value is -1.51. The molecule has 0 aliphatic rings. The van der Waals surface area contributed by atoms with Crippen LogP contribution >= 0.6 is 0 Å². The van der Waals surface area contributed by atoms with Crippen molar-refractivity contribution in [2.75, 3.05) is 6.61 Å². The summed E-state index contributed by atoms with van der Waals surface area (Å²) in [5.41, 5.74) is 3.80. The van der Waals surface area contributed by atoms with E-state index in [2.05, 4.69) is 26.0 Å². The largest absolute Gasteiger partial charge is 0.507 e. The zero-order chi connectivity index (χ0) is 27.7. The van der Waals surface area contributed by atoms with Crippen LogP contribution in [0, 0.1) is 0 Å². The molecule has 0 amide bonds. The topological polar surface area (TPSA) is 46.5 Å². The van der Waals surface area contributed by atoms with Crippen molar-refractivity contribution in [2.45, 2.75) is 175 Å². The number of carbonyl (C=O) groups excluding carboxylic acids is 1. The number of hydrogen-bond acceptors (Lipinski definition) is 3. The summed E-state index contributed by atoms with van der Waals surface area (Å²) >= 11 is 0. The SMILES string of the molecule is CCCCc1cc(CCCCCCCCCCCCCCCCCCOC(=O)CC)cc(CCCC)c1O.